The van der Waals surface area contributed by atoms with Gasteiger partial charge in [0.1, 0.15) is 6.10 Å². The number of urea groups is 1. The zero-order chi connectivity index (χ0) is 15.1. The standard InChI is InChI=1S/C14H20FN3O3/c1-20-10-7-16-14(19)18-8-5-11(6-9-18)21-13-4-2-3-12(15)17-13/h2-4,11H,5-10H2,1H3,(H,16,19). The second kappa shape index (κ2) is 7.78. The molecule has 116 valence electrons. The minimum Gasteiger partial charge on any atom is -0.474 e. The third-order valence-electron chi connectivity index (χ3n) is 3.29. The highest BCUT2D eigenvalue weighted by Crippen LogP contribution is 2.17. The second-order valence-corrected chi connectivity index (χ2v) is 4.83. The molecule has 0 spiro atoms. The van der Waals surface area contributed by atoms with E-state index in [1.54, 1.807) is 24.1 Å². The van der Waals surface area contributed by atoms with Crippen LogP contribution in [0.3, 0.4) is 0 Å². The third kappa shape index (κ3) is 4.86. The molecule has 0 aromatic carbocycles. The van der Waals surface area contributed by atoms with Crippen LogP contribution >= 0.6 is 0 Å². The summed E-state index contributed by atoms with van der Waals surface area (Å²) < 4.78 is 23.5. The summed E-state index contributed by atoms with van der Waals surface area (Å²) >= 11 is 0. The first-order chi connectivity index (χ1) is 10.2. The summed E-state index contributed by atoms with van der Waals surface area (Å²) in [5.41, 5.74) is 0. The molecular formula is C14H20FN3O3. The van der Waals surface area contributed by atoms with Crippen molar-refractivity contribution >= 4 is 6.03 Å². The zero-order valence-corrected chi connectivity index (χ0v) is 12.0. The van der Waals surface area contributed by atoms with Gasteiger partial charge in [-0.1, -0.05) is 6.07 Å². The van der Waals surface area contributed by atoms with Crippen molar-refractivity contribution in [3.8, 4) is 5.88 Å². The third-order valence-corrected chi connectivity index (χ3v) is 3.29. The van der Waals surface area contributed by atoms with Gasteiger partial charge in [-0.3, -0.25) is 0 Å². The van der Waals surface area contributed by atoms with E-state index in [0.717, 1.165) is 0 Å². The van der Waals surface area contributed by atoms with Crippen molar-refractivity contribution in [1.29, 1.82) is 0 Å². The fraction of sp³-hybridized carbons (Fsp3) is 0.571. The molecule has 1 fully saturated rings. The monoisotopic (exact) mass is 297 g/mol. The van der Waals surface area contributed by atoms with Gasteiger partial charge in [0.2, 0.25) is 11.8 Å². The van der Waals surface area contributed by atoms with E-state index >= 15 is 0 Å². The Morgan fingerprint density at radius 2 is 2.24 bits per heavy atom. The molecule has 1 aliphatic rings. The second-order valence-electron chi connectivity index (χ2n) is 4.83. The van der Waals surface area contributed by atoms with Gasteiger partial charge in [-0.15, -0.1) is 0 Å². The number of carbonyl (C=O) groups excluding carboxylic acids is 1. The number of carbonyl (C=O) groups is 1. The van der Waals surface area contributed by atoms with Gasteiger partial charge in [-0.05, 0) is 6.07 Å². The van der Waals surface area contributed by atoms with Crippen LogP contribution in [0.1, 0.15) is 12.8 Å². The highest BCUT2D eigenvalue weighted by atomic mass is 19.1. The van der Waals surface area contributed by atoms with Crippen LogP contribution in [-0.4, -0.2) is 55.4 Å². The number of likely N-dealkylation sites (tertiary alicyclic amines) is 1. The lowest BCUT2D eigenvalue weighted by molar-refractivity contribution is 0.105. The van der Waals surface area contributed by atoms with E-state index in [1.807, 2.05) is 0 Å². The topological polar surface area (TPSA) is 63.7 Å². The van der Waals surface area contributed by atoms with E-state index in [2.05, 4.69) is 10.3 Å². The smallest absolute Gasteiger partial charge is 0.317 e. The molecular weight excluding hydrogens is 277 g/mol. The average molecular weight is 297 g/mol. The molecule has 2 amide bonds. The number of hydrogen-bond donors (Lipinski definition) is 1. The Kier molecular flexibility index (Phi) is 5.74. The number of methoxy groups -OCH3 is 1. The number of hydrogen-bond acceptors (Lipinski definition) is 4. The molecule has 7 heteroatoms. The summed E-state index contributed by atoms with van der Waals surface area (Å²) in [5, 5.41) is 2.78. The van der Waals surface area contributed by atoms with Crippen molar-refractivity contribution in [1.82, 2.24) is 15.2 Å². The van der Waals surface area contributed by atoms with Crippen molar-refractivity contribution < 1.29 is 18.7 Å². The molecule has 1 aromatic rings. The predicted octanol–water partition coefficient (Wildman–Crippen LogP) is 1.42. The number of nitrogens with zero attached hydrogens (tertiary/aromatic N) is 2. The quantitative estimate of drug-likeness (QED) is 0.659. The maximum atomic E-state index is 13.0. The number of aromatic nitrogens is 1. The molecule has 0 aliphatic carbocycles. The Balaban J connectivity index is 1.74. The first-order valence-corrected chi connectivity index (χ1v) is 7.00. The Bertz CT molecular complexity index is 465. The summed E-state index contributed by atoms with van der Waals surface area (Å²) in [6.45, 7) is 2.22. The zero-order valence-electron chi connectivity index (χ0n) is 12.0. The fourth-order valence-electron chi connectivity index (χ4n) is 2.17. The molecule has 0 saturated carbocycles. The Morgan fingerprint density at radius 3 is 2.90 bits per heavy atom. The van der Waals surface area contributed by atoms with Crippen molar-refractivity contribution in [2.24, 2.45) is 0 Å². The van der Waals surface area contributed by atoms with Crippen LogP contribution in [0.15, 0.2) is 18.2 Å². The van der Waals surface area contributed by atoms with Gasteiger partial charge in [0.15, 0.2) is 0 Å². The van der Waals surface area contributed by atoms with Crippen molar-refractivity contribution in [3.05, 3.63) is 24.1 Å². The number of amides is 2. The molecule has 0 radical (unpaired) electrons. The van der Waals surface area contributed by atoms with Crippen LogP contribution in [0.5, 0.6) is 5.88 Å². The van der Waals surface area contributed by atoms with Crippen LogP contribution < -0.4 is 10.1 Å². The van der Waals surface area contributed by atoms with Gasteiger partial charge in [0.25, 0.3) is 0 Å². The Morgan fingerprint density at radius 1 is 1.48 bits per heavy atom. The van der Waals surface area contributed by atoms with E-state index in [0.29, 0.717) is 39.1 Å². The highest BCUT2D eigenvalue weighted by Gasteiger charge is 2.24. The van der Waals surface area contributed by atoms with Crippen LogP contribution in [0.25, 0.3) is 0 Å². The molecule has 2 heterocycles. The highest BCUT2D eigenvalue weighted by molar-refractivity contribution is 5.74. The van der Waals surface area contributed by atoms with Crippen molar-refractivity contribution in [2.45, 2.75) is 18.9 Å². The SMILES string of the molecule is COCCNC(=O)N1CCC(Oc2cccc(F)n2)CC1. The first kappa shape index (κ1) is 15.5. The minimum atomic E-state index is -0.553. The van der Waals surface area contributed by atoms with E-state index in [9.17, 15) is 9.18 Å². The molecule has 1 aliphatic heterocycles. The molecule has 21 heavy (non-hydrogen) atoms. The fourth-order valence-corrected chi connectivity index (χ4v) is 2.17. The summed E-state index contributed by atoms with van der Waals surface area (Å²) in [7, 11) is 1.59. The van der Waals surface area contributed by atoms with E-state index in [-0.39, 0.29) is 18.0 Å². The molecule has 0 atom stereocenters. The number of piperidine rings is 1. The van der Waals surface area contributed by atoms with Crippen LogP contribution in [0, 0.1) is 5.95 Å². The molecule has 1 N–H and O–H groups in total. The van der Waals surface area contributed by atoms with Gasteiger partial charge >= 0.3 is 6.03 Å². The summed E-state index contributed by atoms with van der Waals surface area (Å²) in [6.07, 6.45) is 1.37. The van der Waals surface area contributed by atoms with E-state index in [4.69, 9.17) is 9.47 Å². The Hall–Kier alpha value is -1.89. The Labute approximate surface area is 123 Å². The summed E-state index contributed by atoms with van der Waals surface area (Å²) in [5.74, 6) is -0.263. The summed E-state index contributed by atoms with van der Waals surface area (Å²) in [4.78, 5) is 17.3. The molecule has 1 saturated heterocycles. The maximum absolute atomic E-state index is 13.0. The van der Waals surface area contributed by atoms with Crippen LogP contribution in [0.4, 0.5) is 9.18 Å². The first-order valence-electron chi connectivity index (χ1n) is 7.00. The number of rotatable bonds is 5. The average Bonchev–Trinajstić information content (AvgIpc) is 2.48. The lowest BCUT2D eigenvalue weighted by Crippen LogP contribution is -2.47. The van der Waals surface area contributed by atoms with Gasteiger partial charge in [-0.2, -0.15) is 9.37 Å². The maximum Gasteiger partial charge on any atom is 0.317 e. The number of pyridine rings is 1. The van der Waals surface area contributed by atoms with E-state index in [1.165, 1.54) is 6.07 Å². The predicted molar refractivity (Wildman–Crippen MR) is 74.7 cm³/mol. The number of ether oxygens (including phenoxy) is 2. The van der Waals surface area contributed by atoms with Gasteiger partial charge in [-0.25, -0.2) is 4.79 Å². The van der Waals surface area contributed by atoms with Crippen LogP contribution in [0.2, 0.25) is 0 Å². The molecule has 0 bridgehead atoms. The molecule has 0 unspecified atom stereocenters. The lowest BCUT2D eigenvalue weighted by atomic mass is 10.1. The normalized spacial score (nSPS) is 15.8. The molecule has 6 nitrogen and oxygen atoms in total. The molecule has 1 aromatic heterocycles. The van der Waals surface area contributed by atoms with Crippen LogP contribution in [-0.2, 0) is 4.74 Å². The lowest BCUT2D eigenvalue weighted by Gasteiger charge is -2.31. The van der Waals surface area contributed by atoms with Crippen molar-refractivity contribution in [3.63, 3.8) is 0 Å². The van der Waals surface area contributed by atoms with E-state index < -0.39 is 5.95 Å². The van der Waals surface area contributed by atoms with Gasteiger partial charge < -0.3 is 19.7 Å². The number of nitrogens with one attached hydrogen (secondary N) is 1. The largest absolute Gasteiger partial charge is 0.474 e. The van der Waals surface area contributed by atoms with Gasteiger partial charge in [0.05, 0.1) is 6.61 Å². The summed E-state index contributed by atoms with van der Waals surface area (Å²) in [6, 6.07) is 4.39. The molecule has 2 rings (SSSR count). The minimum absolute atomic E-state index is 0.0395. The van der Waals surface area contributed by atoms with Crippen molar-refractivity contribution in [2.75, 3.05) is 33.4 Å². The van der Waals surface area contributed by atoms with Gasteiger partial charge in [0, 0.05) is 45.7 Å². The number of halogens is 1.